The van der Waals surface area contributed by atoms with Gasteiger partial charge in [-0.15, -0.1) is 0 Å². The first-order valence-corrected chi connectivity index (χ1v) is 5.49. The number of benzene rings is 1. The SMILES string of the molecule is C=C(N=CC(=C\N)/C(C)=N\O)c1ccc(C)cc1. The van der Waals surface area contributed by atoms with Gasteiger partial charge in [0.05, 0.1) is 11.4 Å². The highest BCUT2D eigenvalue weighted by Gasteiger charge is 1.99. The van der Waals surface area contributed by atoms with E-state index in [1.165, 1.54) is 18.0 Å². The van der Waals surface area contributed by atoms with Crippen LogP contribution in [-0.4, -0.2) is 17.1 Å². The maximum atomic E-state index is 8.66. The van der Waals surface area contributed by atoms with Gasteiger partial charge in [-0.3, -0.25) is 4.99 Å². The Balaban J connectivity index is 2.85. The third-order valence-corrected chi connectivity index (χ3v) is 2.49. The quantitative estimate of drug-likeness (QED) is 0.485. The molecule has 0 saturated heterocycles. The Morgan fingerprint density at radius 3 is 2.44 bits per heavy atom. The van der Waals surface area contributed by atoms with E-state index in [9.17, 15) is 0 Å². The van der Waals surface area contributed by atoms with Gasteiger partial charge in [-0.05, 0) is 19.4 Å². The summed E-state index contributed by atoms with van der Waals surface area (Å²) in [6.45, 7) is 7.54. The molecule has 0 aliphatic heterocycles. The van der Waals surface area contributed by atoms with Crippen molar-refractivity contribution in [3.8, 4) is 0 Å². The van der Waals surface area contributed by atoms with Gasteiger partial charge in [0.25, 0.3) is 0 Å². The van der Waals surface area contributed by atoms with E-state index in [0.29, 0.717) is 17.0 Å². The number of rotatable bonds is 4. The van der Waals surface area contributed by atoms with Crippen LogP contribution in [0.3, 0.4) is 0 Å². The van der Waals surface area contributed by atoms with Gasteiger partial charge in [-0.25, -0.2) is 0 Å². The van der Waals surface area contributed by atoms with Gasteiger partial charge >= 0.3 is 0 Å². The minimum absolute atomic E-state index is 0.401. The molecular weight excluding hydrogens is 226 g/mol. The van der Waals surface area contributed by atoms with Crippen molar-refractivity contribution in [2.24, 2.45) is 15.9 Å². The molecule has 0 aliphatic rings. The summed E-state index contributed by atoms with van der Waals surface area (Å²) in [7, 11) is 0. The van der Waals surface area contributed by atoms with E-state index in [1.54, 1.807) is 6.92 Å². The van der Waals surface area contributed by atoms with E-state index in [4.69, 9.17) is 10.9 Å². The first-order chi connectivity index (χ1) is 8.58. The number of hydrogen-bond donors (Lipinski definition) is 2. The molecule has 0 aliphatic carbocycles. The van der Waals surface area contributed by atoms with Crippen LogP contribution in [-0.2, 0) is 0 Å². The zero-order chi connectivity index (χ0) is 13.5. The lowest BCUT2D eigenvalue weighted by Gasteiger charge is -2.01. The molecule has 0 bridgehead atoms. The molecule has 18 heavy (non-hydrogen) atoms. The Bertz CT molecular complexity index is 510. The highest BCUT2D eigenvalue weighted by molar-refractivity contribution is 6.15. The van der Waals surface area contributed by atoms with E-state index in [0.717, 1.165) is 5.56 Å². The summed E-state index contributed by atoms with van der Waals surface area (Å²) in [5, 5.41) is 11.7. The van der Waals surface area contributed by atoms with Crippen LogP contribution in [0, 0.1) is 6.92 Å². The molecule has 0 atom stereocenters. The zero-order valence-corrected chi connectivity index (χ0v) is 10.6. The van der Waals surface area contributed by atoms with Crippen LogP contribution in [0.25, 0.3) is 5.70 Å². The standard InChI is InChI=1S/C14H17N3O/c1-10-4-6-13(7-5-10)11(2)16-9-14(8-15)12(3)17-18/h4-9,18H,2,15H2,1,3H3/b14-8+,16-9?,17-12-. The van der Waals surface area contributed by atoms with E-state index in [1.807, 2.05) is 31.2 Å². The molecule has 0 unspecified atom stereocenters. The third-order valence-electron chi connectivity index (χ3n) is 2.49. The van der Waals surface area contributed by atoms with Crippen molar-refractivity contribution in [1.29, 1.82) is 0 Å². The van der Waals surface area contributed by atoms with Crippen LogP contribution >= 0.6 is 0 Å². The fourth-order valence-corrected chi connectivity index (χ4v) is 1.28. The second-order valence-electron chi connectivity index (χ2n) is 3.88. The van der Waals surface area contributed by atoms with E-state index < -0.39 is 0 Å². The number of nitrogens with zero attached hydrogens (tertiary/aromatic N) is 2. The van der Waals surface area contributed by atoms with Crippen LogP contribution in [0.4, 0.5) is 0 Å². The fraction of sp³-hybridized carbons (Fsp3) is 0.143. The summed E-state index contributed by atoms with van der Waals surface area (Å²) in [5.41, 5.74) is 9.11. The smallest absolute Gasteiger partial charge is 0.0866 e. The lowest BCUT2D eigenvalue weighted by molar-refractivity contribution is 0.319. The molecule has 1 aromatic rings. The Morgan fingerprint density at radius 2 is 1.94 bits per heavy atom. The second-order valence-corrected chi connectivity index (χ2v) is 3.88. The number of oxime groups is 1. The number of nitrogens with two attached hydrogens (primary N) is 1. The molecule has 0 aromatic heterocycles. The molecular formula is C14H17N3O. The minimum atomic E-state index is 0.401. The summed E-state index contributed by atoms with van der Waals surface area (Å²) >= 11 is 0. The lowest BCUT2D eigenvalue weighted by Crippen LogP contribution is -2.02. The molecule has 0 heterocycles. The van der Waals surface area contributed by atoms with Gasteiger partial charge in [0, 0.05) is 18.0 Å². The number of aliphatic imine (C=N–C) groups is 1. The maximum absolute atomic E-state index is 8.66. The average Bonchev–Trinajstić information content (AvgIpc) is 2.39. The molecule has 4 heteroatoms. The van der Waals surface area contributed by atoms with Crippen LogP contribution in [0.5, 0.6) is 0 Å². The van der Waals surface area contributed by atoms with Gasteiger partial charge < -0.3 is 10.9 Å². The third kappa shape index (κ3) is 3.59. The summed E-state index contributed by atoms with van der Waals surface area (Å²) in [5.74, 6) is 0. The number of aryl methyl sites for hydroxylation is 1. The highest BCUT2D eigenvalue weighted by Crippen LogP contribution is 2.14. The minimum Gasteiger partial charge on any atom is -0.411 e. The van der Waals surface area contributed by atoms with Crippen LogP contribution in [0.1, 0.15) is 18.1 Å². The van der Waals surface area contributed by atoms with Gasteiger partial charge in [0.2, 0.25) is 0 Å². The fourth-order valence-electron chi connectivity index (χ4n) is 1.28. The van der Waals surface area contributed by atoms with Crippen LogP contribution < -0.4 is 5.73 Å². The molecule has 0 spiro atoms. The maximum Gasteiger partial charge on any atom is 0.0866 e. The van der Waals surface area contributed by atoms with Crippen molar-refractivity contribution in [1.82, 2.24) is 0 Å². The van der Waals surface area contributed by atoms with E-state index in [2.05, 4.69) is 16.7 Å². The molecule has 94 valence electrons. The average molecular weight is 243 g/mol. The predicted molar refractivity (Wildman–Crippen MR) is 75.9 cm³/mol. The Kier molecular flexibility index (Phi) is 4.87. The number of allylic oxidation sites excluding steroid dienone is 1. The summed E-state index contributed by atoms with van der Waals surface area (Å²) in [6.07, 6.45) is 2.86. The molecule has 1 rings (SSSR count). The Hall–Kier alpha value is -2.36. The first kappa shape index (κ1) is 13.7. The first-order valence-electron chi connectivity index (χ1n) is 5.49. The topological polar surface area (TPSA) is 71.0 Å². The van der Waals surface area contributed by atoms with Crippen molar-refractivity contribution >= 4 is 17.6 Å². The summed E-state index contributed by atoms with van der Waals surface area (Å²) in [4.78, 5) is 4.20. The Labute approximate surface area is 107 Å². The van der Waals surface area contributed by atoms with Crippen LogP contribution in [0.2, 0.25) is 0 Å². The predicted octanol–water partition coefficient (Wildman–Crippen LogP) is 2.73. The Morgan fingerprint density at radius 1 is 1.33 bits per heavy atom. The van der Waals surface area contributed by atoms with Crippen molar-refractivity contribution < 1.29 is 5.21 Å². The summed E-state index contributed by atoms with van der Waals surface area (Å²) in [6, 6.07) is 7.90. The van der Waals surface area contributed by atoms with Gasteiger partial charge in [0.1, 0.15) is 0 Å². The number of hydrogen-bond acceptors (Lipinski definition) is 4. The molecule has 3 N–H and O–H groups in total. The van der Waals surface area contributed by atoms with E-state index in [-0.39, 0.29) is 0 Å². The van der Waals surface area contributed by atoms with Gasteiger partial charge in [-0.1, -0.05) is 41.6 Å². The largest absolute Gasteiger partial charge is 0.411 e. The molecule has 1 aromatic carbocycles. The molecule has 0 amide bonds. The normalized spacial score (nSPS) is 13.0. The lowest BCUT2D eigenvalue weighted by atomic mass is 10.1. The van der Waals surface area contributed by atoms with Crippen molar-refractivity contribution in [2.75, 3.05) is 0 Å². The molecule has 4 nitrogen and oxygen atoms in total. The van der Waals surface area contributed by atoms with Gasteiger partial charge in [0.15, 0.2) is 0 Å². The van der Waals surface area contributed by atoms with Crippen molar-refractivity contribution in [3.63, 3.8) is 0 Å². The molecule has 0 fully saturated rings. The van der Waals surface area contributed by atoms with Crippen molar-refractivity contribution in [2.45, 2.75) is 13.8 Å². The van der Waals surface area contributed by atoms with Crippen molar-refractivity contribution in [3.05, 3.63) is 53.7 Å². The molecule has 0 radical (unpaired) electrons. The highest BCUT2D eigenvalue weighted by atomic mass is 16.4. The monoisotopic (exact) mass is 243 g/mol. The molecule has 0 saturated carbocycles. The zero-order valence-electron chi connectivity index (χ0n) is 10.6. The second kappa shape index (κ2) is 6.39. The van der Waals surface area contributed by atoms with Gasteiger partial charge in [-0.2, -0.15) is 0 Å². The summed E-state index contributed by atoms with van der Waals surface area (Å²) < 4.78 is 0. The van der Waals surface area contributed by atoms with Crippen LogP contribution in [0.15, 0.2) is 52.8 Å². The van der Waals surface area contributed by atoms with E-state index >= 15 is 0 Å².